The van der Waals surface area contributed by atoms with Gasteiger partial charge in [-0.2, -0.15) is 5.10 Å². The van der Waals surface area contributed by atoms with Crippen molar-refractivity contribution >= 4 is 34.5 Å². The van der Waals surface area contributed by atoms with E-state index in [4.69, 9.17) is 11.6 Å². The van der Waals surface area contributed by atoms with Crippen molar-refractivity contribution in [3.05, 3.63) is 69.6 Å². The SMILES string of the molecule is O=c1[nH]c2ccccc2nc1/C=N\Nc1ccc(Cl)cc1. The smallest absolute Gasteiger partial charge is 0.276 e. The Labute approximate surface area is 125 Å². The lowest BCUT2D eigenvalue weighted by atomic mass is 10.3. The molecule has 2 N–H and O–H groups in total. The molecule has 3 aromatic rings. The summed E-state index contributed by atoms with van der Waals surface area (Å²) < 4.78 is 0. The molecule has 0 aliphatic carbocycles. The van der Waals surface area contributed by atoms with Crippen LogP contribution in [0.2, 0.25) is 5.02 Å². The van der Waals surface area contributed by atoms with Crippen LogP contribution < -0.4 is 11.0 Å². The number of halogens is 1. The maximum atomic E-state index is 11.9. The van der Waals surface area contributed by atoms with Crippen LogP contribution in [0.15, 0.2) is 58.4 Å². The zero-order valence-corrected chi connectivity index (χ0v) is 11.6. The number of fused-ring (bicyclic) bond motifs is 1. The molecule has 0 aliphatic rings. The molecule has 0 amide bonds. The zero-order chi connectivity index (χ0) is 14.7. The van der Waals surface area contributed by atoms with Gasteiger partial charge in [0, 0.05) is 5.02 Å². The lowest BCUT2D eigenvalue weighted by molar-refractivity contribution is 1.19. The van der Waals surface area contributed by atoms with Gasteiger partial charge < -0.3 is 4.98 Å². The van der Waals surface area contributed by atoms with E-state index in [9.17, 15) is 4.79 Å². The van der Waals surface area contributed by atoms with E-state index < -0.39 is 0 Å². The number of hydrazone groups is 1. The third-order valence-corrected chi connectivity index (χ3v) is 3.10. The minimum atomic E-state index is -0.282. The second-order valence-corrected chi connectivity index (χ2v) is 4.78. The average Bonchev–Trinajstić information content (AvgIpc) is 2.50. The van der Waals surface area contributed by atoms with Gasteiger partial charge in [0.05, 0.1) is 22.9 Å². The van der Waals surface area contributed by atoms with E-state index in [1.807, 2.05) is 18.2 Å². The molecule has 21 heavy (non-hydrogen) atoms. The Morgan fingerprint density at radius 3 is 2.71 bits per heavy atom. The first-order valence-electron chi connectivity index (χ1n) is 6.26. The van der Waals surface area contributed by atoms with E-state index in [1.54, 1.807) is 30.3 Å². The van der Waals surface area contributed by atoms with Gasteiger partial charge >= 0.3 is 0 Å². The number of nitrogens with zero attached hydrogens (tertiary/aromatic N) is 2. The van der Waals surface area contributed by atoms with Crippen LogP contribution in [0.1, 0.15) is 5.69 Å². The number of anilines is 1. The zero-order valence-electron chi connectivity index (χ0n) is 10.9. The van der Waals surface area contributed by atoms with Crippen LogP contribution in [-0.2, 0) is 0 Å². The molecule has 5 nitrogen and oxygen atoms in total. The maximum Gasteiger partial charge on any atom is 0.276 e. The summed E-state index contributed by atoms with van der Waals surface area (Å²) in [5.74, 6) is 0. The summed E-state index contributed by atoms with van der Waals surface area (Å²) in [6.07, 6.45) is 1.39. The lowest BCUT2D eigenvalue weighted by Crippen LogP contribution is -2.15. The van der Waals surface area contributed by atoms with Crippen molar-refractivity contribution in [1.82, 2.24) is 9.97 Å². The molecule has 0 fully saturated rings. The van der Waals surface area contributed by atoms with Gasteiger partial charge in [0.1, 0.15) is 5.69 Å². The molecule has 0 spiro atoms. The largest absolute Gasteiger partial charge is 0.319 e. The molecule has 2 aromatic carbocycles. The summed E-state index contributed by atoms with van der Waals surface area (Å²) in [6, 6.07) is 14.4. The highest BCUT2D eigenvalue weighted by molar-refractivity contribution is 6.30. The Morgan fingerprint density at radius 1 is 1.14 bits per heavy atom. The van der Waals surface area contributed by atoms with E-state index in [0.29, 0.717) is 16.1 Å². The van der Waals surface area contributed by atoms with Gasteiger partial charge in [-0.1, -0.05) is 23.7 Å². The van der Waals surface area contributed by atoms with Crippen molar-refractivity contribution < 1.29 is 0 Å². The maximum absolute atomic E-state index is 11.9. The Hall–Kier alpha value is -2.66. The van der Waals surface area contributed by atoms with Gasteiger partial charge in [-0.25, -0.2) is 4.98 Å². The number of benzene rings is 2. The highest BCUT2D eigenvalue weighted by Gasteiger charge is 2.01. The molecular weight excluding hydrogens is 288 g/mol. The van der Waals surface area contributed by atoms with Crippen molar-refractivity contribution in [2.75, 3.05) is 5.43 Å². The highest BCUT2D eigenvalue weighted by Crippen LogP contribution is 2.13. The van der Waals surface area contributed by atoms with Gasteiger partial charge in [0.2, 0.25) is 0 Å². The fourth-order valence-electron chi connectivity index (χ4n) is 1.82. The van der Waals surface area contributed by atoms with Crippen molar-refractivity contribution in [2.24, 2.45) is 5.10 Å². The molecule has 104 valence electrons. The number of nitrogens with one attached hydrogen (secondary N) is 2. The number of H-pyrrole nitrogens is 1. The van der Waals surface area contributed by atoms with Crippen molar-refractivity contribution in [2.45, 2.75) is 0 Å². The van der Waals surface area contributed by atoms with Gasteiger partial charge in [-0.3, -0.25) is 10.2 Å². The van der Waals surface area contributed by atoms with Crippen LogP contribution in [0.3, 0.4) is 0 Å². The van der Waals surface area contributed by atoms with Gasteiger partial charge in [-0.05, 0) is 36.4 Å². The van der Waals surface area contributed by atoms with E-state index in [0.717, 1.165) is 5.69 Å². The Kier molecular flexibility index (Phi) is 3.66. The molecule has 1 heterocycles. The molecule has 0 saturated carbocycles. The summed E-state index contributed by atoms with van der Waals surface area (Å²) in [5.41, 5.74) is 4.96. The predicted molar refractivity (Wildman–Crippen MR) is 85.0 cm³/mol. The summed E-state index contributed by atoms with van der Waals surface area (Å²) in [5, 5.41) is 4.66. The number of rotatable bonds is 3. The summed E-state index contributed by atoms with van der Waals surface area (Å²) in [6.45, 7) is 0. The monoisotopic (exact) mass is 298 g/mol. The molecule has 6 heteroatoms. The van der Waals surface area contributed by atoms with Crippen LogP contribution in [0.4, 0.5) is 5.69 Å². The molecule has 0 aliphatic heterocycles. The van der Waals surface area contributed by atoms with Crippen molar-refractivity contribution in [1.29, 1.82) is 0 Å². The first-order chi connectivity index (χ1) is 10.2. The van der Waals surface area contributed by atoms with Crippen LogP contribution in [-0.4, -0.2) is 16.2 Å². The second kappa shape index (κ2) is 5.76. The first-order valence-corrected chi connectivity index (χ1v) is 6.64. The lowest BCUT2D eigenvalue weighted by Gasteiger charge is -2.00. The quantitative estimate of drug-likeness (QED) is 0.577. The summed E-state index contributed by atoms with van der Waals surface area (Å²) in [4.78, 5) is 18.9. The van der Waals surface area contributed by atoms with Crippen molar-refractivity contribution in [3.8, 4) is 0 Å². The van der Waals surface area contributed by atoms with Crippen LogP contribution in [0.25, 0.3) is 11.0 Å². The van der Waals surface area contributed by atoms with Crippen LogP contribution in [0.5, 0.6) is 0 Å². The van der Waals surface area contributed by atoms with Gasteiger partial charge in [0.15, 0.2) is 0 Å². The van der Waals surface area contributed by atoms with Crippen LogP contribution in [0, 0.1) is 0 Å². The third kappa shape index (κ3) is 3.09. The van der Waals surface area contributed by atoms with E-state index in [2.05, 4.69) is 20.5 Å². The number of hydrogen-bond acceptors (Lipinski definition) is 4. The Bertz CT molecular complexity index is 855. The topological polar surface area (TPSA) is 70.1 Å². The average molecular weight is 299 g/mol. The van der Waals surface area contributed by atoms with E-state index >= 15 is 0 Å². The van der Waals surface area contributed by atoms with Crippen LogP contribution >= 0.6 is 11.6 Å². The molecule has 0 saturated heterocycles. The number of hydrogen-bond donors (Lipinski definition) is 2. The minimum Gasteiger partial charge on any atom is -0.319 e. The Morgan fingerprint density at radius 2 is 1.90 bits per heavy atom. The Balaban J connectivity index is 1.84. The molecule has 0 radical (unpaired) electrons. The minimum absolute atomic E-state index is 0.246. The number of aromatic nitrogens is 2. The number of para-hydroxylation sites is 2. The fraction of sp³-hybridized carbons (Fsp3) is 0. The molecule has 0 atom stereocenters. The first kappa shape index (κ1) is 13.3. The van der Waals surface area contributed by atoms with E-state index in [1.165, 1.54) is 6.21 Å². The van der Waals surface area contributed by atoms with Gasteiger partial charge in [0.25, 0.3) is 5.56 Å². The number of aromatic amines is 1. The molecule has 3 rings (SSSR count). The molecule has 1 aromatic heterocycles. The second-order valence-electron chi connectivity index (χ2n) is 4.35. The summed E-state index contributed by atoms with van der Waals surface area (Å²) >= 11 is 5.80. The standard InChI is InChI=1S/C15H11ClN4O/c16-10-5-7-11(8-6-10)20-17-9-14-15(21)19-13-4-2-1-3-12(13)18-14/h1-9,20H,(H,19,21)/b17-9-. The molecule has 0 unspecified atom stereocenters. The third-order valence-electron chi connectivity index (χ3n) is 2.85. The molecular formula is C15H11ClN4O. The van der Waals surface area contributed by atoms with Crippen molar-refractivity contribution in [3.63, 3.8) is 0 Å². The predicted octanol–water partition coefficient (Wildman–Crippen LogP) is 3.02. The fourth-order valence-corrected chi connectivity index (χ4v) is 1.95. The van der Waals surface area contributed by atoms with E-state index in [-0.39, 0.29) is 11.3 Å². The normalized spacial score (nSPS) is 11.1. The van der Waals surface area contributed by atoms with Gasteiger partial charge in [-0.15, -0.1) is 0 Å². The molecule has 0 bridgehead atoms. The highest BCUT2D eigenvalue weighted by atomic mass is 35.5. The summed E-state index contributed by atoms with van der Waals surface area (Å²) in [7, 11) is 0.